The molecular formula is C33H57N5O3. The second-order valence-corrected chi connectivity index (χ2v) is 10.4. The fraction of sp³-hybridized carbons (Fsp3) is 0.636. The van der Waals surface area contributed by atoms with E-state index >= 15 is 0 Å². The maximum absolute atomic E-state index is 12.1. The number of benzene rings is 1. The lowest BCUT2D eigenvalue weighted by Crippen LogP contribution is -2.40. The van der Waals surface area contributed by atoms with Gasteiger partial charge in [0.15, 0.2) is 5.96 Å². The molecule has 0 amide bonds. The molecule has 1 atom stereocenters. The topological polar surface area (TPSA) is 92.4 Å². The Morgan fingerprint density at radius 3 is 2.46 bits per heavy atom. The van der Waals surface area contributed by atoms with Crippen LogP contribution >= 0.6 is 0 Å². The standard InChI is InChI=1S/C31H51N5O3.C2H6/c1-5-8-14-29(19-24-38-28-15-12-11-13-16-28)39-34-36-23-18-27(25-36)17-22-35(4)30(32)33-31(26-37,20-9-6-2)21-10-7-3;1-2/h8,11-16,19,26-27,34H,5-7,9-10,17-18,20-25H2,1-4H3,(H2,32,33);1-2H3/b14-8-,29-19+;. The molecule has 0 saturated carbocycles. The Morgan fingerprint density at radius 2 is 1.85 bits per heavy atom. The molecule has 0 aliphatic carbocycles. The number of nitrogens with zero attached hydrogens (tertiary/aromatic N) is 3. The number of unbranched alkanes of at least 4 members (excludes halogenated alkanes) is 2. The van der Waals surface area contributed by atoms with Crippen molar-refractivity contribution in [1.82, 2.24) is 15.5 Å². The van der Waals surface area contributed by atoms with E-state index in [1.165, 1.54) is 0 Å². The lowest BCUT2D eigenvalue weighted by atomic mass is 9.89. The third-order valence-corrected chi connectivity index (χ3v) is 7.12. The van der Waals surface area contributed by atoms with E-state index in [1.54, 1.807) is 0 Å². The van der Waals surface area contributed by atoms with Crippen LogP contribution in [0, 0.1) is 5.92 Å². The predicted molar refractivity (Wildman–Crippen MR) is 171 cm³/mol. The zero-order valence-electron chi connectivity index (χ0n) is 26.6. The van der Waals surface area contributed by atoms with Crippen LogP contribution < -0.4 is 16.1 Å². The van der Waals surface area contributed by atoms with Gasteiger partial charge in [0.05, 0.1) is 0 Å². The smallest absolute Gasteiger partial charge is 0.191 e. The average molecular weight is 572 g/mol. The first kappa shape index (κ1) is 36.2. The first-order valence-corrected chi connectivity index (χ1v) is 15.7. The van der Waals surface area contributed by atoms with Gasteiger partial charge < -0.3 is 25.0 Å². The minimum Gasteiger partial charge on any atom is -0.489 e. The third-order valence-electron chi connectivity index (χ3n) is 7.12. The zero-order chi connectivity index (χ0) is 30.3. The number of allylic oxidation sites excluding steroid dienone is 2. The van der Waals surface area contributed by atoms with Crippen LogP contribution in [0.3, 0.4) is 0 Å². The van der Waals surface area contributed by atoms with Gasteiger partial charge in [0.2, 0.25) is 0 Å². The summed E-state index contributed by atoms with van der Waals surface area (Å²) in [7, 11) is 1.97. The SMILES string of the molecule is CC.CC/C=C\C(=C/COc1ccccc1)ONN1CCC(CCN(C)C(N)=NC(C=O)(CCCC)CCCC)C1. The molecular weight excluding hydrogens is 514 g/mol. The van der Waals surface area contributed by atoms with E-state index in [0.717, 1.165) is 95.2 Å². The van der Waals surface area contributed by atoms with Crippen molar-refractivity contribution in [3.8, 4) is 5.75 Å². The summed E-state index contributed by atoms with van der Waals surface area (Å²) in [5.41, 5.74) is 8.80. The number of nitrogens with two attached hydrogens (primary N) is 1. The van der Waals surface area contributed by atoms with Crippen LogP contribution in [-0.4, -0.2) is 61.0 Å². The van der Waals surface area contributed by atoms with Gasteiger partial charge in [-0.05, 0) is 62.3 Å². The molecule has 2 rings (SSSR count). The second kappa shape index (κ2) is 21.8. The number of carbonyl (C=O) groups excluding carboxylic acids is 1. The van der Waals surface area contributed by atoms with E-state index in [-0.39, 0.29) is 0 Å². The van der Waals surface area contributed by atoms with Crippen LogP contribution in [0.15, 0.2) is 59.3 Å². The van der Waals surface area contributed by atoms with Crippen molar-refractivity contribution in [3.05, 3.63) is 54.3 Å². The number of ether oxygens (including phenoxy) is 1. The van der Waals surface area contributed by atoms with Crippen molar-refractivity contribution in [1.29, 1.82) is 0 Å². The summed E-state index contributed by atoms with van der Waals surface area (Å²) in [4.78, 5) is 24.7. The molecule has 1 unspecified atom stereocenters. The fourth-order valence-electron chi connectivity index (χ4n) is 4.53. The molecule has 3 N–H and O–H groups in total. The maximum Gasteiger partial charge on any atom is 0.191 e. The van der Waals surface area contributed by atoms with Crippen LogP contribution in [0.25, 0.3) is 0 Å². The number of para-hydroxylation sites is 1. The zero-order valence-corrected chi connectivity index (χ0v) is 26.6. The maximum atomic E-state index is 12.1. The number of rotatable bonds is 19. The summed E-state index contributed by atoms with van der Waals surface area (Å²) < 4.78 is 5.78. The molecule has 41 heavy (non-hydrogen) atoms. The summed E-state index contributed by atoms with van der Waals surface area (Å²) in [5, 5.41) is 2.11. The highest BCUT2D eigenvalue weighted by atomic mass is 16.7. The Bertz CT molecular complexity index is 895. The van der Waals surface area contributed by atoms with Gasteiger partial charge in [-0.25, -0.2) is 10.0 Å². The van der Waals surface area contributed by atoms with Crippen molar-refractivity contribution in [2.24, 2.45) is 16.6 Å². The van der Waals surface area contributed by atoms with Crippen LogP contribution in [0.1, 0.15) is 92.4 Å². The Labute approximate surface area is 250 Å². The molecule has 1 aromatic rings. The van der Waals surface area contributed by atoms with Crippen LogP contribution in [0.4, 0.5) is 0 Å². The Hall–Kier alpha value is -2.84. The predicted octanol–water partition coefficient (Wildman–Crippen LogP) is 6.65. The Morgan fingerprint density at radius 1 is 1.17 bits per heavy atom. The molecule has 0 radical (unpaired) electrons. The molecule has 232 valence electrons. The molecule has 1 fully saturated rings. The van der Waals surface area contributed by atoms with Crippen molar-refractivity contribution in [2.45, 2.75) is 97.9 Å². The number of carbonyl (C=O) groups is 1. The molecule has 0 aromatic heterocycles. The number of hydrogen-bond donors (Lipinski definition) is 2. The lowest BCUT2D eigenvalue weighted by molar-refractivity contribution is -0.112. The van der Waals surface area contributed by atoms with Crippen LogP contribution in [-0.2, 0) is 9.63 Å². The molecule has 1 aliphatic rings. The summed E-state index contributed by atoms with van der Waals surface area (Å²) in [6.45, 7) is 13.4. The number of guanidine groups is 1. The van der Waals surface area contributed by atoms with Gasteiger partial charge in [0, 0.05) is 26.7 Å². The molecule has 1 aliphatic heterocycles. The van der Waals surface area contributed by atoms with Gasteiger partial charge in [-0.3, -0.25) is 0 Å². The highest BCUT2D eigenvalue weighted by molar-refractivity contribution is 5.81. The van der Waals surface area contributed by atoms with E-state index in [4.69, 9.17) is 20.3 Å². The molecule has 1 heterocycles. The number of aliphatic imine (C=N–C) groups is 1. The normalized spacial score (nSPS) is 16.4. The Kier molecular flexibility index (Phi) is 19.3. The molecule has 1 saturated heterocycles. The third kappa shape index (κ3) is 14.6. The number of nitrogens with one attached hydrogen (secondary N) is 1. The second-order valence-electron chi connectivity index (χ2n) is 10.4. The van der Waals surface area contributed by atoms with Gasteiger partial charge in [-0.2, -0.15) is 0 Å². The monoisotopic (exact) mass is 571 g/mol. The van der Waals surface area contributed by atoms with Crippen molar-refractivity contribution in [3.63, 3.8) is 0 Å². The molecule has 0 bridgehead atoms. The summed E-state index contributed by atoms with van der Waals surface area (Å²) >= 11 is 0. The quantitative estimate of drug-likeness (QED) is 0.0479. The van der Waals surface area contributed by atoms with Crippen LogP contribution in [0.5, 0.6) is 5.75 Å². The molecule has 8 heteroatoms. The number of aldehydes is 1. The number of hydrazine groups is 1. The van der Waals surface area contributed by atoms with E-state index in [0.29, 0.717) is 18.5 Å². The molecule has 8 nitrogen and oxygen atoms in total. The van der Waals surface area contributed by atoms with Gasteiger partial charge in [0.1, 0.15) is 29.9 Å². The van der Waals surface area contributed by atoms with E-state index in [2.05, 4.69) is 37.4 Å². The van der Waals surface area contributed by atoms with Crippen molar-refractivity contribution < 1.29 is 14.4 Å². The summed E-state index contributed by atoms with van der Waals surface area (Å²) in [6.07, 6.45) is 15.5. The van der Waals surface area contributed by atoms with Gasteiger partial charge in [-0.15, -0.1) is 0 Å². The van der Waals surface area contributed by atoms with Gasteiger partial charge in [0.25, 0.3) is 0 Å². The lowest BCUT2D eigenvalue weighted by Gasteiger charge is -2.27. The fourth-order valence-corrected chi connectivity index (χ4v) is 4.53. The highest BCUT2D eigenvalue weighted by Crippen LogP contribution is 2.25. The minimum atomic E-state index is -0.695. The molecule has 0 spiro atoms. The van der Waals surface area contributed by atoms with Gasteiger partial charge >= 0.3 is 0 Å². The summed E-state index contributed by atoms with van der Waals surface area (Å²) in [6, 6.07) is 9.76. The summed E-state index contributed by atoms with van der Waals surface area (Å²) in [5.74, 6) is 2.54. The Balaban J connectivity index is 0.00000411. The van der Waals surface area contributed by atoms with Crippen molar-refractivity contribution in [2.75, 3.05) is 33.3 Å². The van der Waals surface area contributed by atoms with Gasteiger partial charge in [-0.1, -0.05) is 90.2 Å². The van der Waals surface area contributed by atoms with Crippen molar-refractivity contribution >= 4 is 12.2 Å². The van der Waals surface area contributed by atoms with Crippen LogP contribution in [0.2, 0.25) is 0 Å². The largest absolute Gasteiger partial charge is 0.489 e. The average Bonchev–Trinajstić information content (AvgIpc) is 3.47. The highest BCUT2D eigenvalue weighted by Gasteiger charge is 2.29. The minimum absolute atomic E-state index is 0.426. The first-order chi connectivity index (χ1) is 19.9. The first-order valence-electron chi connectivity index (χ1n) is 15.7. The van der Waals surface area contributed by atoms with E-state index < -0.39 is 5.54 Å². The molecule has 1 aromatic carbocycles. The van der Waals surface area contributed by atoms with E-state index in [1.807, 2.05) is 68.3 Å². The van der Waals surface area contributed by atoms with E-state index in [9.17, 15) is 4.79 Å². The number of hydrogen-bond acceptors (Lipinski definition) is 6.